The molecule has 1 aliphatic carbocycles. The summed E-state index contributed by atoms with van der Waals surface area (Å²) < 4.78 is 75.0. The SMILES string of the molecule is Cn1c(=O)n(C2CCC(=O)NC2=O)c2cccc(C3CCN(CC4CCC(n5cc6cc(NC(=O)c7cccc(C(F)(F)F)n7)c(F)cc6n5)CC4)CC3F)c21. The number of benzene rings is 2. The van der Waals surface area contributed by atoms with Gasteiger partial charge >= 0.3 is 11.9 Å². The van der Waals surface area contributed by atoms with E-state index in [1.54, 1.807) is 30.1 Å². The highest BCUT2D eigenvalue weighted by Gasteiger charge is 2.37. The minimum absolute atomic E-state index is 0.0494. The number of alkyl halides is 4. The molecule has 2 aromatic carbocycles. The summed E-state index contributed by atoms with van der Waals surface area (Å²) in [4.78, 5) is 56.0. The fourth-order valence-electron chi connectivity index (χ4n) is 8.69. The number of imidazole rings is 1. The molecule has 5 heterocycles. The number of anilines is 1. The molecule has 294 valence electrons. The van der Waals surface area contributed by atoms with E-state index in [2.05, 4.69) is 25.6 Å². The van der Waals surface area contributed by atoms with Crippen LogP contribution in [0, 0.1) is 11.7 Å². The van der Waals surface area contributed by atoms with E-state index in [0.717, 1.165) is 56.0 Å². The monoisotopic (exact) mass is 778 g/mol. The molecule has 2 saturated heterocycles. The van der Waals surface area contributed by atoms with Crippen molar-refractivity contribution >= 4 is 45.3 Å². The van der Waals surface area contributed by atoms with Crippen molar-refractivity contribution in [1.82, 2.24) is 34.1 Å². The maximum atomic E-state index is 16.1. The molecule has 17 heteroatoms. The van der Waals surface area contributed by atoms with E-state index < -0.39 is 53.3 Å². The number of piperidine rings is 2. The zero-order valence-corrected chi connectivity index (χ0v) is 30.4. The van der Waals surface area contributed by atoms with Gasteiger partial charge in [0.2, 0.25) is 11.8 Å². The first kappa shape index (κ1) is 37.5. The molecule has 5 aromatic rings. The van der Waals surface area contributed by atoms with Crippen molar-refractivity contribution in [3.05, 3.63) is 88.0 Å². The maximum Gasteiger partial charge on any atom is 0.433 e. The van der Waals surface area contributed by atoms with Crippen LogP contribution in [0.5, 0.6) is 0 Å². The van der Waals surface area contributed by atoms with Gasteiger partial charge in [-0.2, -0.15) is 18.3 Å². The van der Waals surface area contributed by atoms with Crippen LogP contribution < -0.4 is 16.3 Å². The number of halogens is 5. The van der Waals surface area contributed by atoms with Crippen molar-refractivity contribution in [1.29, 1.82) is 0 Å². The van der Waals surface area contributed by atoms with Crippen molar-refractivity contribution in [3.63, 3.8) is 0 Å². The number of nitrogens with one attached hydrogen (secondary N) is 2. The number of rotatable bonds is 7. The molecule has 3 amide bonds. The highest BCUT2D eigenvalue weighted by atomic mass is 19.4. The zero-order chi connectivity index (χ0) is 39.5. The Bertz CT molecular complexity index is 2410. The molecule has 8 rings (SSSR count). The Hall–Kier alpha value is -5.45. The van der Waals surface area contributed by atoms with Crippen LogP contribution in [0.3, 0.4) is 0 Å². The summed E-state index contributed by atoms with van der Waals surface area (Å²) in [6, 6.07) is 10.1. The second-order valence-corrected chi connectivity index (χ2v) is 15.1. The van der Waals surface area contributed by atoms with Gasteiger partial charge < -0.3 is 10.2 Å². The lowest BCUT2D eigenvalue weighted by atomic mass is 9.83. The Labute approximate surface area is 316 Å². The number of pyridine rings is 1. The van der Waals surface area contributed by atoms with Crippen molar-refractivity contribution in [2.24, 2.45) is 13.0 Å². The zero-order valence-electron chi connectivity index (χ0n) is 30.4. The Morgan fingerprint density at radius 3 is 2.50 bits per heavy atom. The second kappa shape index (κ2) is 14.6. The average molecular weight is 779 g/mol. The number of aromatic nitrogens is 5. The Kier molecular flexibility index (Phi) is 9.75. The van der Waals surface area contributed by atoms with E-state index in [1.165, 1.54) is 21.3 Å². The average Bonchev–Trinajstić information content (AvgIpc) is 3.69. The van der Waals surface area contributed by atoms with E-state index in [-0.39, 0.29) is 42.7 Å². The van der Waals surface area contributed by atoms with Gasteiger partial charge in [0.15, 0.2) is 0 Å². The number of imide groups is 1. The molecule has 3 atom stereocenters. The fraction of sp³-hybridized carbons (Fsp3) is 0.436. The van der Waals surface area contributed by atoms with E-state index in [4.69, 9.17) is 0 Å². The van der Waals surface area contributed by atoms with Gasteiger partial charge in [0, 0.05) is 50.1 Å². The third-order valence-electron chi connectivity index (χ3n) is 11.5. The molecular weight excluding hydrogens is 739 g/mol. The van der Waals surface area contributed by atoms with Crippen LogP contribution in [-0.2, 0) is 22.8 Å². The number of fused-ring (bicyclic) bond motifs is 2. The molecule has 3 aromatic heterocycles. The van der Waals surface area contributed by atoms with E-state index in [1.807, 2.05) is 6.07 Å². The quantitative estimate of drug-likeness (QED) is 0.152. The number of hydrogen-bond donors (Lipinski definition) is 2. The summed E-state index contributed by atoms with van der Waals surface area (Å²) in [5.41, 5.74) is -0.0585. The van der Waals surface area contributed by atoms with Crippen LogP contribution in [0.2, 0.25) is 0 Å². The van der Waals surface area contributed by atoms with Crippen LogP contribution in [0.25, 0.3) is 21.9 Å². The number of amides is 3. The Morgan fingerprint density at radius 1 is 1.00 bits per heavy atom. The van der Waals surface area contributed by atoms with Gasteiger partial charge in [-0.1, -0.05) is 18.2 Å². The molecule has 0 spiro atoms. The number of carbonyl (C=O) groups excluding carboxylic acids is 3. The van der Waals surface area contributed by atoms with Gasteiger partial charge in [-0.15, -0.1) is 0 Å². The summed E-state index contributed by atoms with van der Waals surface area (Å²) in [6.07, 6.45) is 0.149. The van der Waals surface area contributed by atoms with Crippen LogP contribution >= 0.6 is 0 Å². The largest absolute Gasteiger partial charge is 0.433 e. The number of likely N-dealkylation sites (tertiary alicyclic amines) is 1. The molecule has 1 saturated carbocycles. The Morgan fingerprint density at radius 2 is 1.77 bits per heavy atom. The normalized spacial score (nSPS) is 23.8. The van der Waals surface area contributed by atoms with Crippen molar-refractivity contribution in [2.75, 3.05) is 25.0 Å². The van der Waals surface area contributed by atoms with E-state index >= 15 is 8.78 Å². The highest BCUT2D eigenvalue weighted by Crippen LogP contribution is 2.38. The predicted molar refractivity (Wildman–Crippen MR) is 195 cm³/mol. The highest BCUT2D eigenvalue weighted by molar-refractivity contribution is 6.04. The smallest absolute Gasteiger partial charge is 0.318 e. The topological polar surface area (TPSA) is 136 Å². The van der Waals surface area contributed by atoms with Gasteiger partial charge in [-0.25, -0.2) is 18.6 Å². The minimum atomic E-state index is -4.73. The van der Waals surface area contributed by atoms with Crippen LogP contribution in [0.4, 0.5) is 27.6 Å². The van der Waals surface area contributed by atoms with Crippen LogP contribution in [0.1, 0.15) is 84.7 Å². The van der Waals surface area contributed by atoms with Gasteiger partial charge in [0.25, 0.3) is 5.91 Å². The van der Waals surface area contributed by atoms with Crippen molar-refractivity contribution < 1.29 is 36.3 Å². The van der Waals surface area contributed by atoms with Gasteiger partial charge in [0.05, 0.1) is 28.3 Å². The van der Waals surface area contributed by atoms with E-state index in [9.17, 15) is 32.3 Å². The summed E-state index contributed by atoms with van der Waals surface area (Å²) in [5.74, 6) is -2.74. The summed E-state index contributed by atoms with van der Waals surface area (Å²) >= 11 is 0. The third kappa shape index (κ3) is 7.08. The summed E-state index contributed by atoms with van der Waals surface area (Å²) in [6.45, 7) is 1.67. The van der Waals surface area contributed by atoms with Crippen molar-refractivity contribution in [2.45, 2.75) is 75.3 Å². The fourth-order valence-corrected chi connectivity index (χ4v) is 8.69. The molecule has 2 N–H and O–H groups in total. The van der Waals surface area contributed by atoms with Crippen molar-refractivity contribution in [3.8, 4) is 0 Å². The first-order valence-corrected chi connectivity index (χ1v) is 18.7. The number of aryl methyl sites for hydroxylation is 1. The molecule has 3 unspecified atom stereocenters. The van der Waals surface area contributed by atoms with E-state index in [0.29, 0.717) is 40.8 Å². The van der Waals surface area contributed by atoms with Crippen LogP contribution in [-0.4, -0.2) is 72.3 Å². The molecule has 3 aliphatic rings. The first-order valence-electron chi connectivity index (χ1n) is 18.7. The number of nitrogens with zero attached hydrogens (tertiary/aromatic N) is 6. The summed E-state index contributed by atoms with van der Waals surface area (Å²) in [7, 11) is 1.63. The van der Waals surface area contributed by atoms with Gasteiger partial charge in [-0.05, 0) is 80.8 Å². The summed E-state index contributed by atoms with van der Waals surface area (Å²) in [5, 5.41) is 9.78. The molecule has 3 fully saturated rings. The van der Waals surface area contributed by atoms with Gasteiger partial charge in [0.1, 0.15) is 29.4 Å². The lowest BCUT2D eigenvalue weighted by Gasteiger charge is -2.38. The van der Waals surface area contributed by atoms with Crippen LogP contribution in [0.15, 0.2) is 59.5 Å². The molecule has 56 heavy (non-hydrogen) atoms. The first-order chi connectivity index (χ1) is 26.7. The standard InChI is InChI=1S/C39H39F5N8O4/c1-49-35-25(4-2-6-31(35)52(38(49)56)32-12-13-34(53)47-37(32)55)24-14-15-50(20-27(24)41)18-21-8-10-23(11-9-21)51-19-22-16-30(26(40)17-29(22)48-51)46-36(54)28-5-3-7-33(45-28)39(42,43)44/h2-7,16-17,19,21,23-24,27,32H,8-15,18,20H2,1H3,(H,46,54)(H,47,53,55). The number of carbonyl (C=O) groups is 3. The molecule has 12 nitrogen and oxygen atoms in total. The lowest BCUT2D eigenvalue weighted by molar-refractivity contribution is -0.141. The Balaban J connectivity index is 0.884. The van der Waals surface area contributed by atoms with Gasteiger partial charge in [-0.3, -0.25) is 33.5 Å². The number of hydrogen-bond acceptors (Lipinski definition) is 7. The molecule has 0 bridgehead atoms. The lowest BCUT2D eigenvalue weighted by Crippen LogP contribution is -2.44. The second-order valence-electron chi connectivity index (χ2n) is 15.1. The molecule has 0 radical (unpaired) electrons. The third-order valence-corrected chi connectivity index (χ3v) is 11.5. The molecular formula is C39H39F5N8O4. The molecule has 2 aliphatic heterocycles. The maximum absolute atomic E-state index is 16.1. The minimum Gasteiger partial charge on any atom is -0.318 e. The predicted octanol–water partition coefficient (Wildman–Crippen LogP) is 6.03. The number of para-hydroxylation sites is 1.